The van der Waals surface area contributed by atoms with Gasteiger partial charge in [0.25, 0.3) is 5.56 Å². The Balaban J connectivity index is 1.55. The van der Waals surface area contributed by atoms with E-state index < -0.39 is 28.5 Å². The first-order chi connectivity index (χ1) is 15.2. The fourth-order valence-corrected chi connectivity index (χ4v) is 3.74. The largest absolute Gasteiger partial charge is 0.416 e. The minimum absolute atomic E-state index is 0.0244. The molecule has 0 aliphatic heterocycles. The fourth-order valence-electron chi connectivity index (χ4n) is 2.95. The van der Waals surface area contributed by atoms with Crippen LogP contribution in [0.4, 0.5) is 18.9 Å². The third-order valence-electron chi connectivity index (χ3n) is 4.53. The first kappa shape index (κ1) is 21.6. The molecule has 32 heavy (non-hydrogen) atoms. The van der Waals surface area contributed by atoms with Crippen LogP contribution in [0.5, 0.6) is 0 Å². The molecular weight excluding hydrogens is 443 g/mol. The van der Waals surface area contributed by atoms with E-state index >= 15 is 0 Å². The Morgan fingerprint density at radius 3 is 2.62 bits per heavy atom. The number of anilines is 1. The summed E-state index contributed by atoms with van der Waals surface area (Å²) < 4.78 is 40.2. The van der Waals surface area contributed by atoms with Crippen LogP contribution in [-0.4, -0.2) is 30.9 Å². The van der Waals surface area contributed by atoms with E-state index in [1.807, 2.05) is 30.3 Å². The number of aromatic amines is 1. The predicted octanol–water partition coefficient (Wildman–Crippen LogP) is 4.25. The lowest BCUT2D eigenvalue weighted by atomic mass is 10.2. The number of para-hydroxylation sites is 1. The van der Waals surface area contributed by atoms with Crippen LogP contribution in [-0.2, 0) is 11.0 Å². The molecule has 7 nitrogen and oxygen atoms in total. The Hall–Kier alpha value is -3.60. The molecule has 0 fully saturated rings. The van der Waals surface area contributed by atoms with Crippen LogP contribution in [0.15, 0.2) is 70.7 Å². The number of nitrogens with zero attached hydrogens (tertiary/aromatic N) is 3. The summed E-state index contributed by atoms with van der Waals surface area (Å²) in [4.78, 5) is 32.0. The van der Waals surface area contributed by atoms with Gasteiger partial charge in [-0.2, -0.15) is 18.3 Å². The maximum absolute atomic E-state index is 12.9. The Bertz CT molecular complexity index is 1330. The number of benzene rings is 2. The van der Waals surface area contributed by atoms with Crippen LogP contribution in [0, 0.1) is 0 Å². The molecule has 2 heterocycles. The molecule has 2 N–H and O–H groups in total. The number of nitrogens with one attached hydrogen (secondary N) is 2. The monoisotopic (exact) mass is 459 g/mol. The van der Waals surface area contributed by atoms with E-state index in [1.54, 1.807) is 6.92 Å². The van der Waals surface area contributed by atoms with Crippen molar-refractivity contribution in [3.63, 3.8) is 0 Å². The molecule has 0 aliphatic carbocycles. The van der Waals surface area contributed by atoms with Crippen molar-refractivity contribution in [2.24, 2.45) is 0 Å². The Labute approximate surface area is 183 Å². The first-order valence-corrected chi connectivity index (χ1v) is 10.3. The van der Waals surface area contributed by atoms with Crippen molar-refractivity contribution in [2.45, 2.75) is 23.5 Å². The fraction of sp³-hybridized carbons (Fsp3) is 0.143. The summed E-state index contributed by atoms with van der Waals surface area (Å²) in [6, 6.07) is 13.5. The van der Waals surface area contributed by atoms with Crippen molar-refractivity contribution >= 4 is 34.4 Å². The molecule has 164 valence electrons. The van der Waals surface area contributed by atoms with Gasteiger partial charge in [0.1, 0.15) is 5.39 Å². The topological polar surface area (TPSA) is 92.7 Å². The van der Waals surface area contributed by atoms with E-state index in [4.69, 9.17) is 0 Å². The summed E-state index contributed by atoms with van der Waals surface area (Å²) in [6.45, 7) is 1.56. The zero-order chi connectivity index (χ0) is 22.9. The molecule has 0 saturated carbocycles. The van der Waals surface area contributed by atoms with Crippen LogP contribution < -0.4 is 10.9 Å². The normalized spacial score (nSPS) is 12.6. The quantitative estimate of drug-likeness (QED) is 0.344. The van der Waals surface area contributed by atoms with Gasteiger partial charge in [-0.3, -0.25) is 9.59 Å². The number of thioether (sulfide) groups is 1. The highest BCUT2D eigenvalue weighted by Crippen LogP contribution is 2.31. The highest BCUT2D eigenvalue weighted by atomic mass is 32.2. The van der Waals surface area contributed by atoms with Gasteiger partial charge < -0.3 is 10.3 Å². The summed E-state index contributed by atoms with van der Waals surface area (Å²) >= 11 is 0.975. The van der Waals surface area contributed by atoms with Crippen molar-refractivity contribution in [2.75, 3.05) is 5.32 Å². The highest BCUT2D eigenvalue weighted by Gasteiger charge is 2.30. The number of aromatic nitrogens is 4. The van der Waals surface area contributed by atoms with Gasteiger partial charge in [0.2, 0.25) is 5.91 Å². The van der Waals surface area contributed by atoms with Crippen molar-refractivity contribution in [3.05, 3.63) is 76.7 Å². The molecule has 4 aromatic rings. The number of fused-ring (bicyclic) bond motifs is 1. The second kappa shape index (κ2) is 8.50. The maximum Gasteiger partial charge on any atom is 0.416 e. The molecule has 4 rings (SSSR count). The molecule has 2 aromatic carbocycles. The molecule has 0 aliphatic rings. The zero-order valence-electron chi connectivity index (χ0n) is 16.6. The van der Waals surface area contributed by atoms with E-state index in [1.165, 1.54) is 23.0 Å². The maximum atomic E-state index is 12.9. The number of hydrogen-bond donors (Lipinski definition) is 2. The third kappa shape index (κ3) is 4.52. The number of hydrogen-bond acceptors (Lipinski definition) is 5. The van der Waals surface area contributed by atoms with Gasteiger partial charge in [-0.15, -0.1) is 0 Å². The lowest BCUT2D eigenvalue weighted by molar-refractivity contribution is -0.137. The van der Waals surface area contributed by atoms with E-state index in [9.17, 15) is 22.8 Å². The summed E-state index contributed by atoms with van der Waals surface area (Å²) in [5.41, 5.74) is -0.206. The molecule has 0 bridgehead atoms. The van der Waals surface area contributed by atoms with Gasteiger partial charge in [0.05, 0.1) is 22.7 Å². The second-order valence-electron chi connectivity index (χ2n) is 6.83. The zero-order valence-corrected chi connectivity index (χ0v) is 17.4. The third-order valence-corrected chi connectivity index (χ3v) is 5.52. The minimum atomic E-state index is -4.51. The molecule has 0 saturated heterocycles. The molecule has 0 radical (unpaired) electrons. The molecule has 0 spiro atoms. The molecule has 1 amide bonds. The lowest BCUT2D eigenvalue weighted by Crippen LogP contribution is -2.23. The average molecular weight is 459 g/mol. The van der Waals surface area contributed by atoms with Crippen LogP contribution in [0.2, 0.25) is 0 Å². The van der Waals surface area contributed by atoms with Crippen LogP contribution in [0.1, 0.15) is 12.5 Å². The van der Waals surface area contributed by atoms with Crippen LogP contribution in [0.25, 0.3) is 16.7 Å². The van der Waals surface area contributed by atoms with E-state index in [0.29, 0.717) is 16.7 Å². The number of rotatable bonds is 5. The Morgan fingerprint density at radius 1 is 1.16 bits per heavy atom. The molecule has 2 aromatic heterocycles. The Morgan fingerprint density at radius 2 is 1.91 bits per heavy atom. The van der Waals surface area contributed by atoms with Gasteiger partial charge in [-0.05, 0) is 37.3 Å². The molecule has 1 atom stereocenters. The van der Waals surface area contributed by atoms with Crippen molar-refractivity contribution < 1.29 is 18.0 Å². The summed E-state index contributed by atoms with van der Waals surface area (Å²) in [5, 5.41) is 6.41. The molecule has 11 heteroatoms. The summed E-state index contributed by atoms with van der Waals surface area (Å²) in [7, 11) is 0. The van der Waals surface area contributed by atoms with Gasteiger partial charge in [0, 0.05) is 5.69 Å². The highest BCUT2D eigenvalue weighted by molar-refractivity contribution is 8.00. The number of carbonyl (C=O) groups is 1. The van der Waals surface area contributed by atoms with E-state index in [-0.39, 0.29) is 10.8 Å². The van der Waals surface area contributed by atoms with E-state index in [0.717, 1.165) is 23.9 Å². The summed E-state index contributed by atoms with van der Waals surface area (Å²) in [5.74, 6) is -0.534. The first-order valence-electron chi connectivity index (χ1n) is 9.40. The van der Waals surface area contributed by atoms with Crippen molar-refractivity contribution in [3.8, 4) is 5.69 Å². The number of carbonyl (C=O) groups excluding carboxylic acids is 1. The smallest absolute Gasteiger partial charge is 0.325 e. The molecular formula is C21H16F3N5O2S. The van der Waals surface area contributed by atoms with E-state index in [2.05, 4.69) is 20.4 Å². The lowest BCUT2D eigenvalue weighted by Gasteiger charge is -2.13. The summed E-state index contributed by atoms with van der Waals surface area (Å²) in [6.07, 6.45) is -3.10. The van der Waals surface area contributed by atoms with Crippen molar-refractivity contribution in [1.29, 1.82) is 0 Å². The average Bonchev–Trinajstić information content (AvgIpc) is 3.18. The van der Waals surface area contributed by atoms with Gasteiger partial charge in [-0.1, -0.05) is 36.0 Å². The van der Waals surface area contributed by atoms with Gasteiger partial charge in [0.15, 0.2) is 10.8 Å². The van der Waals surface area contributed by atoms with Crippen LogP contribution in [0.3, 0.4) is 0 Å². The Kier molecular flexibility index (Phi) is 5.74. The standard InChI is InChI=1S/C21H16F3N5O2S/c1-12(18(30)26-14-7-5-6-13(10-14)21(22,23)24)32-20-27-17-16(19(31)28-20)11-25-29(17)15-8-3-2-4-9-15/h2-12H,1H3,(H,26,30)(H,27,28,31)/t12-/m0/s1. The number of alkyl halides is 3. The number of H-pyrrole nitrogens is 1. The van der Waals surface area contributed by atoms with Crippen LogP contribution >= 0.6 is 11.8 Å². The minimum Gasteiger partial charge on any atom is -0.325 e. The SMILES string of the molecule is C[C@H](Sc1nc2c(cnn2-c2ccccc2)c(=O)[nH]1)C(=O)Nc1cccc(C(F)(F)F)c1. The molecule has 0 unspecified atom stereocenters. The van der Waals surface area contributed by atoms with Crippen molar-refractivity contribution in [1.82, 2.24) is 19.7 Å². The number of amides is 1. The predicted molar refractivity (Wildman–Crippen MR) is 115 cm³/mol. The second-order valence-corrected chi connectivity index (χ2v) is 8.16. The number of halogens is 3. The van der Waals surface area contributed by atoms with Gasteiger partial charge in [-0.25, -0.2) is 9.67 Å². The van der Waals surface area contributed by atoms with Gasteiger partial charge >= 0.3 is 6.18 Å².